The van der Waals surface area contributed by atoms with Gasteiger partial charge in [-0.05, 0) is 23.8 Å². The van der Waals surface area contributed by atoms with Crippen LogP contribution in [0.25, 0.3) is 6.08 Å². The van der Waals surface area contributed by atoms with Gasteiger partial charge in [-0.2, -0.15) is 0 Å². The Morgan fingerprint density at radius 2 is 1.60 bits per heavy atom. The molecule has 0 spiro atoms. The van der Waals surface area contributed by atoms with Crippen LogP contribution < -0.4 is 14.2 Å². The first-order valence-electron chi connectivity index (χ1n) is 7.36. The van der Waals surface area contributed by atoms with Crippen molar-refractivity contribution >= 4 is 17.8 Å². The summed E-state index contributed by atoms with van der Waals surface area (Å²) in [6.07, 6.45) is 2.88. The summed E-state index contributed by atoms with van der Waals surface area (Å²) in [7, 11) is 4.40. The van der Waals surface area contributed by atoms with Crippen molar-refractivity contribution in [2.45, 2.75) is 0 Å². The number of benzene rings is 2. The minimum absolute atomic E-state index is 0.147. The lowest BCUT2D eigenvalue weighted by atomic mass is 10.1. The normalized spacial score (nSPS) is 10.5. The summed E-state index contributed by atoms with van der Waals surface area (Å²) >= 11 is 0. The van der Waals surface area contributed by atoms with Crippen LogP contribution in [0.5, 0.6) is 17.2 Å². The SMILES string of the molecule is COc1cc(OC)c(C(=O)/C=C/c2cccc(C(=O)O)c2)c(OC)c1. The molecule has 0 aromatic heterocycles. The lowest BCUT2D eigenvalue weighted by Gasteiger charge is -2.13. The van der Waals surface area contributed by atoms with Gasteiger partial charge in [0.05, 0.1) is 26.9 Å². The van der Waals surface area contributed by atoms with Crippen molar-refractivity contribution in [3.8, 4) is 17.2 Å². The maximum atomic E-state index is 12.6. The van der Waals surface area contributed by atoms with Gasteiger partial charge in [-0.3, -0.25) is 4.79 Å². The number of rotatable bonds is 7. The van der Waals surface area contributed by atoms with E-state index < -0.39 is 5.97 Å². The second-order valence-electron chi connectivity index (χ2n) is 5.04. The molecule has 0 aliphatic carbocycles. The summed E-state index contributed by atoms with van der Waals surface area (Å²) in [5.41, 5.74) is 1.00. The number of hydrogen-bond donors (Lipinski definition) is 1. The molecule has 0 bridgehead atoms. The van der Waals surface area contributed by atoms with Crippen LogP contribution in [0.2, 0.25) is 0 Å². The number of carbonyl (C=O) groups excluding carboxylic acids is 1. The van der Waals surface area contributed by atoms with Crippen molar-refractivity contribution in [2.24, 2.45) is 0 Å². The van der Waals surface area contributed by atoms with Gasteiger partial charge in [-0.1, -0.05) is 18.2 Å². The minimum atomic E-state index is -1.03. The molecule has 0 unspecified atom stereocenters. The molecule has 2 rings (SSSR count). The largest absolute Gasteiger partial charge is 0.496 e. The molecule has 0 amide bonds. The molecule has 130 valence electrons. The Morgan fingerprint density at radius 3 is 2.12 bits per heavy atom. The fourth-order valence-corrected chi connectivity index (χ4v) is 2.28. The first kappa shape index (κ1) is 18.1. The predicted molar refractivity (Wildman–Crippen MR) is 92.9 cm³/mol. The van der Waals surface area contributed by atoms with Crippen molar-refractivity contribution in [1.29, 1.82) is 0 Å². The Morgan fingerprint density at radius 1 is 0.960 bits per heavy atom. The lowest BCUT2D eigenvalue weighted by molar-refractivity contribution is 0.0696. The highest BCUT2D eigenvalue weighted by Gasteiger charge is 2.18. The van der Waals surface area contributed by atoms with Gasteiger partial charge in [0.15, 0.2) is 5.78 Å². The molecule has 1 N–H and O–H groups in total. The summed E-state index contributed by atoms with van der Waals surface area (Å²) < 4.78 is 15.7. The van der Waals surface area contributed by atoms with Gasteiger partial charge in [0.1, 0.15) is 22.8 Å². The van der Waals surface area contributed by atoms with Crippen molar-refractivity contribution < 1.29 is 28.9 Å². The monoisotopic (exact) mass is 342 g/mol. The molecular weight excluding hydrogens is 324 g/mol. The molecule has 0 aliphatic heterocycles. The van der Waals surface area contributed by atoms with E-state index in [2.05, 4.69) is 0 Å². The number of ketones is 1. The lowest BCUT2D eigenvalue weighted by Crippen LogP contribution is -2.03. The van der Waals surface area contributed by atoms with Crippen LogP contribution >= 0.6 is 0 Å². The summed E-state index contributed by atoms with van der Waals surface area (Å²) in [4.78, 5) is 23.6. The zero-order valence-corrected chi connectivity index (χ0v) is 14.1. The average molecular weight is 342 g/mol. The van der Waals surface area contributed by atoms with E-state index in [4.69, 9.17) is 19.3 Å². The Balaban J connectivity index is 2.37. The van der Waals surface area contributed by atoms with Crippen molar-refractivity contribution in [1.82, 2.24) is 0 Å². The Hall–Kier alpha value is -3.28. The summed E-state index contributed by atoms with van der Waals surface area (Å²) in [6.45, 7) is 0. The predicted octanol–water partition coefficient (Wildman–Crippen LogP) is 3.31. The van der Waals surface area contributed by atoms with E-state index in [1.807, 2.05) is 0 Å². The number of carboxylic acid groups (broad SMARTS) is 1. The van der Waals surface area contributed by atoms with E-state index in [-0.39, 0.29) is 16.9 Å². The first-order valence-corrected chi connectivity index (χ1v) is 7.36. The highest BCUT2D eigenvalue weighted by Crippen LogP contribution is 2.34. The van der Waals surface area contributed by atoms with Gasteiger partial charge in [-0.15, -0.1) is 0 Å². The maximum Gasteiger partial charge on any atom is 0.335 e. The molecule has 0 radical (unpaired) electrons. The Kier molecular flexibility index (Phi) is 5.79. The number of carboxylic acids is 1. The molecule has 0 heterocycles. The molecule has 6 heteroatoms. The molecule has 6 nitrogen and oxygen atoms in total. The standard InChI is InChI=1S/C19H18O6/c1-23-14-10-16(24-2)18(17(11-14)25-3)15(20)8-7-12-5-4-6-13(9-12)19(21)22/h4-11H,1-3H3,(H,21,22)/b8-7+. The smallest absolute Gasteiger partial charge is 0.335 e. The zero-order chi connectivity index (χ0) is 18.4. The zero-order valence-electron chi connectivity index (χ0n) is 14.1. The fourth-order valence-electron chi connectivity index (χ4n) is 2.28. The number of allylic oxidation sites excluding steroid dienone is 1. The number of methoxy groups -OCH3 is 3. The molecule has 25 heavy (non-hydrogen) atoms. The van der Waals surface area contributed by atoms with Crippen LogP contribution in [0.1, 0.15) is 26.3 Å². The van der Waals surface area contributed by atoms with E-state index >= 15 is 0 Å². The van der Waals surface area contributed by atoms with Crippen LogP contribution in [0.4, 0.5) is 0 Å². The van der Waals surface area contributed by atoms with Gasteiger partial charge >= 0.3 is 5.97 Å². The van der Waals surface area contributed by atoms with Gasteiger partial charge in [0, 0.05) is 12.1 Å². The van der Waals surface area contributed by atoms with E-state index in [1.54, 1.807) is 24.3 Å². The summed E-state index contributed by atoms with van der Waals surface area (Å²) in [6, 6.07) is 9.47. The summed E-state index contributed by atoms with van der Waals surface area (Å²) in [5, 5.41) is 9.01. The van der Waals surface area contributed by atoms with E-state index in [1.165, 1.54) is 45.6 Å². The van der Waals surface area contributed by atoms with E-state index in [9.17, 15) is 9.59 Å². The molecule has 0 atom stereocenters. The van der Waals surface area contributed by atoms with Crippen molar-refractivity contribution in [2.75, 3.05) is 21.3 Å². The van der Waals surface area contributed by atoms with Crippen molar-refractivity contribution in [3.05, 3.63) is 59.2 Å². The van der Waals surface area contributed by atoms with Gasteiger partial charge in [0.25, 0.3) is 0 Å². The number of hydrogen-bond acceptors (Lipinski definition) is 5. The topological polar surface area (TPSA) is 82.1 Å². The average Bonchev–Trinajstić information content (AvgIpc) is 2.64. The third-order valence-corrected chi connectivity index (χ3v) is 3.52. The highest BCUT2D eigenvalue weighted by molar-refractivity contribution is 6.10. The molecule has 0 saturated carbocycles. The third kappa shape index (κ3) is 4.17. The second kappa shape index (κ2) is 8.01. The molecule has 2 aromatic rings. The molecule has 2 aromatic carbocycles. The van der Waals surface area contributed by atoms with Crippen molar-refractivity contribution in [3.63, 3.8) is 0 Å². The van der Waals surface area contributed by atoms with Crippen LogP contribution in [-0.4, -0.2) is 38.2 Å². The fraction of sp³-hybridized carbons (Fsp3) is 0.158. The quantitative estimate of drug-likeness (QED) is 0.614. The van der Waals surface area contributed by atoms with E-state index in [0.29, 0.717) is 22.8 Å². The van der Waals surface area contributed by atoms with Gasteiger partial charge < -0.3 is 19.3 Å². The minimum Gasteiger partial charge on any atom is -0.496 e. The van der Waals surface area contributed by atoms with Crippen LogP contribution in [0, 0.1) is 0 Å². The first-order chi connectivity index (χ1) is 12.0. The number of carbonyl (C=O) groups is 2. The molecule has 0 saturated heterocycles. The third-order valence-electron chi connectivity index (χ3n) is 3.52. The molecule has 0 aliphatic rings. The molecule has 0 fully saturated rings. The van der Waals surface area contributed by atoms with Crippen LogP contribution in [-0.2, 0) is 0 Å². The summed E-state index contributed by atoms with van der Waals surface area (Å²) in [5.74, 6) is -0.212. The van der Waals surface area contributed by atoms with Gasteiger partial charge in [0.2, 0.25) is 0 Å². The van der Waals surface area contributed by atoms with Gasteiger partial charge in [-0.25, -0.2) is 4.79 Å². The Bertz CT molecular complexity index is 797. The maximum absolute atomic E-state index is 12.6. The highest BCUT2D eigenvalue weighted by atomic mass is 16.5. The second-order valence-corrected chi connectivity index (χ2v) is 5.04. The molecular formula is C19H18O6. The number of ether oxygens (including phenoxy) is 3. The Labute approximate surface area is 145 Å². The van der Waals surface area contributed by atoms with Crippen LogP contribution in [0.3, 0.4) is 0 Å². The number of aromatic carboxylic acids is 1. The van der Waals surface area contributed by atoms with E-state index in [0.717, 1.165) is 0 Å². The van der Waals surface area contributed by atoms with Crippen LogP contribution in [0.15, 0.2) is 42.5 Å².